The first-order chi connectivity index (χ1) is 7.08. The van der Waals surface area contributed by atoms with Crippen molar-refractivity contribution < 1.29 is 8.42 Å². The average Bonchev–Trinajstić information content (AvgIpc) is 2.99. The second-order valence-corrected chi connectivity index (χ2v) is 6.27. The third-order valence-electron chi connectivity index (χ3n) is 2.99. The van der Waals surface area contributed by atoms with E-state index in [1.54, 1.807) is 24.3 Å². The van der Waals surface area contributed by atoms with Gasteiger partial charge in [0.15, 0.2) is 9.84 Å². The standard InChI is InChI=1S/C11H15NO2S/c12-8-11(6-7-11)9-15(13,14)10-4-2-1-3-5-10/h1-5H,6-9,12H2. The molecule has 0 aliphatic heterocycles. The smallest absolute Gasteiger partial charge is 0.178 e. The molecule has 15 heavy (non-hydrogen) atoms. The van der Waals surface area contributed by atoms with Gasteiger partial charge >= 0.3 is 0 Å². The molecule has 0 radical (unpaired) electrons. The summed E-state index contributed by atoms with van der Waals surface area (Å²) >= 11 is 0. The van der Waals surface area contributed by atoms with Gasteiger partial charge in [-0.15, -0.1) is 0 Å². The van der Waals surface area contributed by atoms with Crippen LogP contribution in [0, 0.1) is 5.41 Å². The average molecular weight is 225 g/mol. The summed E-state index contributed by atoms with van der Waals surface area (Å²) in [5.41, 5.74) is 5.46. The Morgan fingerprint density at radius 2 is 1.80 bits per heavy atom. The van der Waals surface area contributed by atoms with E-state index < -0.39 is 9.84 Å². The number of sulfone groups is 1. The predicted molar refractivity (Wildman–Crippen MR) is 59.2 cm³/mol. The van der Waals surface area contributed by atoms with Crippen LogP contribution >= 0.6 is 0 Å². The molecule has 1 aromatic rings. The van der Waals surface area contributed by atoms with E-state index in [0.29, 0.717) is 11.4 Å². The summed E-state index contributed by atoms with van der Waals surface area (Å²) in [5.74, 6) is 0.195. The summed E-state index contributed by atoms with van der Waals surface area (Å²) in [6.07, 6.45) is 1.88. The summed E-state index contributed by atoms with van der Waals surface area (Å²) in [4.78, 5) is 0.407. The van der Waals surface area contributed by atoms with Crippen molar-refractivity contribution >= 4 is 9.84 Å². The van der Waals surface area contributed by atoms with Crippen LogP contribution in [0.3, 0.4) is 0 Å². The number of benzene rings is 1. The lowest BCUT2D eigenvalue weighted by molar-refractivity contribution is 0.547. The number of hydrogen-bond donors (Lipinski definition) is 1. The molecule has 1 aliphatic rings. The van der Waals surface area contributed by atoms with E-state index in [9.17, 15) is 8.42 Å². The molecular formula is C11H15NO2S. The Hall–Kier alpha value is -0.870. The van der Waals surface area contributed by atoms with Gasteiger partial charge in [-0.25, -0.2) is 8.42 Å². The molecule has 0 heterocycles. The van der Waals surface area contributed by atoms with Crippen LogP contribution in [0.15, 0.2) is 35.2 Å². The van der Waals surface area contributed by atoms with E-state index in [1.165, 1.54) is 0 Å². The molecule has 0 atom stereocenters. The van der Waals surface area contributed by atoms with Crippen LogP contribution in [-0.4, -0.2) is 20.7 Å². The van der Waals surface area contributed by atoms with Crippen LogP contribution in [0.4, 0.5) is 0 Å². The lowest BCUT2D eigenvalue weighted by Gasteiger charge is -2.12. The minimum Gasteiger partial charge on any atom is -0.330 e. The largest absolute Gasteiger partial charge is 0.330 e. The van der Waals surface area contributed by atoms with E-state index >= 15 is 0 Å². The molecule has 2 N–H and O–H groups in total. The maximum absolute atomic E-state index is 12.0. The fraction of sp³-hybridized carbons (Fsp3) is 0.455. The second-order valence-electron chi connectivity index (χ2n) is 4.28. The van der Waals surface area contributed by atoms with E-state index in [2.05, 4.69) is 0 Å². The van der Waals surface area contributed by atoms with Gasteiger partial charge in [0.1, 0.15) is 0 Å². The van der Waals surface area contributed by atoms with Gasteiger partial charge in [-0.2, -0.15) is 0 Å². The molecule has 0 unspecified atom stereocenters. The highest BCUT2D eigenvalue weighted by molar-refractivity contribution is 7.91. The minimum atomic E-state index is -3.15. The Morgan fingerprint density at radius 1 is 1.20 bits per heavy atom. The fourth-order valence-electron chi connectivity index (χ4n) is 1.70. The third kappa shape index (κ3) is 2.21. The van der Waals surface area contributed by atoms with E-state index in [1.807, 2.05) is 6.07 Å². The lowest BCUT2D eigenvalue weighted by atomic mass is 10.1. The topological polar surface area (TPSA) is 60.2 Å². The van der Waals surface area contributed by atoms with Gasteiger partial charge in [0, 0.05) is 0 Å². The number of hydrogen-bond acceptors (Lipinski definition) is 3. The Morgan fingerprint density at radius 3 is 2.27 bits per heavy atom. The van der Waals surface area contributed by atoms with Crippen molar-refractivity contribution in [3.05, 3.63) is 30.3 Å². The van der Waals surface area contributed by atoms with Crippen LogP contribution in [0.25, 0.3) is 0 Å². The first-order valence-corrected chi connectivity index (χ1v) is 6.71. The SMILES string of the molecule is NCC1(CS(=O)(=O)c2ccccc2)CC1. The van der Waals surface area contributed by atoms with Gasteiger partial charge in [0.05, 0.1) is 10.6 Å². The molecule has 82 valence electrons. The Labute approximate surface area is 90.2 Å². The molecule has 0 aromatic heterocycles. The quantitative estimate of drug-likeness (QED) is 0.837. The maximum Gasteiger partial charge on any atom is 0.178 e. The maximum atomic E-state index is 12.0. The van der Waals surface area contributed by atoms with Crippen molar-refractivity contribution in [2.24, 2.45) is 11.1 Å². The monoisotopic (exact) mass is 225 g/mol. The summed E-state index contributed by atoms with van der Waals surface area (Å²) in [5, 5.41) is 0. The molecule has 4 heteroatoms. The Bertz CT molecular complexity index is 435. The number of rotatable bonds is 4. The summed E-state index contributed by atoms with van der Waals surface area (Å²) in [6, 6.07) is 8.59. The number of nitrogens with two attached hydrogens (primary N) is 1. The van der Waals surface area contributed by atoms with Crippen molar-refractivity contribution in [2.45, 2.75) is 17.7 Å². The van der Waals surface area contributed by atoms with Crippen LogP contribution in [0.2, 0.25) is 0 Å². The summed E-state index contributed by atoms with van der Waals surface area (Å²) < 4.78 is 24.0. The van der Waals surface area contributed by atoms with Crippen molar-refractivity contribution in [3.8, 4) is 0 Å². The predicted octanol–water partition coefficient (Wildman–Crippen LogP) is 1.20. The van der Waals surface area contributed by atoms with Gasteiger partial charge in [0.25, 0.3) is 0 Å². The molecule has 0 bridgehead atoms. The van der Waals surface area contributed by atoms with Crippen molar-refractivity contribution in [1.29, 1.82) is 0 Å². The minimum absolute atomic E-state index is 0.130. The summed E-state index contributed by atoms with van der Waals surface area (Å²) in [6.45, 7) is 0.471. The molecule has 1 aromatic carbocycles. The molecule has 0 amide bonds. The van der Waals surface area contributed by atoms with Gasteiger partial charge in [-0.05, 0) is 36.9 Å². The molecule has 0 spiro atoms. The fourth-order valence-corrected chi connectivity index (χ4v) is 3.65. The van der Waals surface area contributed by atoms with Crippen LogP contribution in [-0.2, 0) is 9.84 Å². The second kappa shape index (κ2) is 3.61. The highest BCUT2D eigenvalue weighted by atomic mass is 32.2. The normalized spacial score (nSPS) is 18.7. The lowest BCUT2D eigenvalue weighted by Crippen LogP contribution is -2.25. The zero-order chi connectivity index (χ0) is 10.9. The highest BCUT2D eigenvalue weighted by Gasteiger charge is 2.45. The molecular weight excluding hydrogens is 210 g/mol. The first-order valence-electron chi connectivity index (χ1n) is 5.06. The molecule has 1 aliphatic carbocycles. The zero-order valence-corrected chi connectivity index (χ0v) is 9.33. The molecule has 2 rings (SSSR count). The van der Waals surface area contributed by atoms with E-state index in [4.69, 9.17) is 5.73 Å². The van der Waals surface area contributed by atoms with Crippen molar-refractivity contribution in [3.63, 3.8) is 0 Å². The molecule has 3 nitrogen and oxygen atoms in total. The van der Waals surface area contributed by atoms with Gasteiger partial charge in [-0.3, -0.25) is 0 Å². The Balaban J connectivity index is 2.22. The van der Waals surface area contributed by atoms with Crippen molar-refractivity contribution in [1.82, 2.24) is 0 Å². The van der Waals surface area contributed by atoms with Crippen LogP contribution in [0.1, 0.15) is 12.8 Å². The molecule has 0 saturated heterocycles. The van der Waals surface area contributed by atoms with E-state index in [-0.39, 0.29) is 11.2 Å². The van der Waals surface area contributed by atoms with Crippen LogP contribution in [0.5, 0.6) is 0 Å². The van der Waals surface area contributed by atoms with Gasteiger partial charge < -0.3 is 5.73 Å². The zero-order valence-electron chi connectivity index (χ0n) is 8.52. The van der Waals surface area contributed by atoms with Gasteiger partial charge in [-0.1, -0.05) is 18.2 Å². The van der Waals surface area contributed by atoms with Gasteiger partial charge in [0.2, 0.25) is 0 Å². The van der Waals surface area contributed by atoms with Crippen LogP contribution < -0.4 is 5.73 Å². The molecule has 1 saturated carbocycles. The Kier molecular flexibility index (Phi) is 2.56. The van der Waals surface area contributed by atoms with E-state index in [0.717, 1.165) is 12.8 Å². The van der Waals surface area contributed by atoms with Crippen molar-refractivity contribution in [2.75, 3.05) is 12.3 Å². The highest BCUT2D eigenvalue weighted by Crippen LogP contribution is 2.46. The first kappa shape index (κ1) is 10.6. The molecule has 1 fully saturated rings. The third-order valence-corrected chi connectivity index (χ3v) is 4.97. The summed E-state index contributed by atoms with van der Waals surface area (Å²) in [7, 11) is -3.15.